The first-order chi connectivity index (χ1) is 11.0. The molecule has 5 nitrogen and oxygen atoms in total. The molecule has 1 aromatic rings. The lowest BCUT2D eigenvalue weighted by atomic mass is 9.81. The molecular formula is C18H26ClN3O2. The lowest BCUT2D eigenvalue weighted by Gasteiger charge is -2.32. The fourth-order valence-electron chi connectivity index (χ4n) is 3.51. The van der Waals surface area contributed by atoms with Crippen LogP contribution in [-0.2, 0) is 9.59 Å². The molecule has 132 valence electrons. The normalized spacial score (nSPS) is 22.8. The third-order valence-electron chi connectivity index (χ3n) is 5.05. The quantitative estimate of drug-likeness (QED) is 0.877. The van der Waals surface area contributed by atoms with Crippen LogP contribution in [0.15, 0.2) is 24.3 Å². The molecule has 1 aromatic carbocycles. The number of rotatable bonds is 3. The van der Waals surface area contributed by atoms with E-state index in [-0.39, 0.29) is 24.2 Å². The van der Waals surface area contributed by atoms with Crippen LogP contribution < -0.4 is 16.0 Å². The Balaban J connectivity index is 0.00000208. The zero-order valence-corrected chi connectivity index (χ0v) is 14.9. The predicted molar refractivity (Wildman–Crippen MR) is 97.3 cm³/mol. The van der Waals surface area contributed by atoms with Crippen molar-refractivity contribution in [3.05, 3.63) is 29.8 Å². The second kappa shape index (κ2) is 7.53. The van der Waals surface area contributed by atoms with Crippen molar-refractivity contribution in [1.82, 2.24) is 5.32 Å². The van der Waals surface area contributed by atoms with Gasteiger partial charge in [-0.2, -0.15) is 0 Å². The van der Waals surface area contributed by atoms with Crippen molar-refractivity contribution in [2.75, 3.05) is 11.4 Å². The van der Waals surface area contributed by atoms with Crippen molar-refractivity contribution in [2.45, 2.75) is 57.0 Å². The molecule has 3 N–H and O–H groups in total. The van der Waals surface area contributed by atoms with E-state index in [2.05, 4.69) is 5.32 Å². The molecule has 1 saturated heterocycles. The fourth-order valence-corrected chi connectivity index (χ4v) is 3.51. The molecule has 0 bridgehead atoms. The van der Waals surface area contributed by atoms with Gasteiger partial charge in [-0.3, -0.25) is 9.59 Å². The van der Waals surface area contributed by atoms with E-state index < -0.39 is 11.6 Å². The summed E-state index contributed by atoms with van der Waals surface area (Å²) in [5.41, 5.74) is 7.50. The number of anilines is 1. The van der Waals surface area contributed by atoms with E-state index in [4.69, 9.17) is 5.73 Å². The number of carbonyl (C=O) groups excluding carboxylic acids is 2. The highest BCUT2D eigenvalue weighted by Gasteiger charge is 2.40. The van der Waals surface area contributed by atoms with Gasteiger partial charge in [-0.15, -0.1) is 12.4 Å². The van der Waals surface area contributed by atoms with Crippen LogP contribution in [0.2, 0.25) is 0 Å². The molecule has 0 aromatic heterocycles. The largest absolute Gasteiger partial charge is 0.343 e. The van der Waals surface area contributed by atoms with E-state index in [1.54, 1.807) is 4.90 Å². The maximum Gasteiger partial charge on any atom is 0.249 e. The molecule has 6 heteroatoms. The molecule has 1 aliphatic heterocycles. The second-order valence-electron chi connectivity index (χ2n) is 6.86. The third-order valence-corrected chi connectivity index (χ3v) is 5.05. The Morgan fingerprint density at radius 3 is 2.46 bits per heavy atom. The number of halogens is 1. The molecule has 2 aliphatic rings. The summed E-state index contributed by atoms with van der Waals surface area (Å²) in [6.07, 6.45) is 5.16. The number of benzene rings is 1. The third kappa shape index (κ3) is 3.73. The van der Waals surface area contributed by atoms with Crippen molar-refractivity contribution >= 4 is 29.9 Å². The number of carbonyl (C=O) groups is 2. The Bertz CT molecular complexity index is 597. The molecule has 3 rings (SSSR count). The van der Waals surface area contributed by atoms with Crippen LogP contribution >= 0.6 is 12.4 Å². The van der Waals surface area contributed by atoms with E-state index >= 15 is 0 Å². The molecular weight excluding hydrogens is 326 g/mol. The average molecular weight is 352 g/mol. The SMILES string of the molecule is Cc1ccc(N2CCC(NC(=O)C3(N)CCCCC3)C2=O)cc1.Cl. The van der Waals surface area contributed by atoms with E-state index in [0.29, 0.717) is 25.8 Å². The van der Waals surface area contributed by atoms with Gasteiger partial charge in [0.05, 0.1) is 5.54 Å². The Labute approximate surface area is 149 Å². The fraction of sp³-hybridized carbons (Fsp3) is 0.556. The first-order valence-electron chi connectivity index (χ1n) is 8.47. The van der Waals surface area contributed by atoms with Crippen molar-refractivity contribution in [1.29, 1.82) is 0 Å². The molecule has 0 radical (unpaired) electrons. The Morgan fingerprint density at radius 1 is 1.21 bits per heavy atom. The van der Waals surface area contributed by atoms with Gasteiger partial charge < -0.3 is 16.0 Å². The maximum absolute atomic E-state index is 12.6. The summed E-state index contributed by atoms with van der Waals surface area (Å²) in [4.78, 5) is 26.8. The number of hydrogen-bond acceptors (Lipinski definition) is 3. The molecule has 0 spiro atoms. The van der Waals surface area contributed by atoms with Crippen LogP contribution in [0.25, 0.3) is 0 Å². The van der Waals surface area contributed by atoms with Crippen molar-refractivity contribution in [3.8, 4) is 0 Å². The van der Waals surface area contributed by atoms with Crippen molar-refractivity contribution in [2.24, 2.45) is 5.73 Å². The summed E-state index contributed by atoms with van der Waals surface area (Å²) in [6.45, 7) is 2.65. The minimum absolute atomic E-state index is 0. The van der Waals surface area contributed by atoms with Crippen LogP contribution in [0, 0.1) is 6.92 Å². The summed E-state index contributed by atoms with van der Waals surface area (Å²) in [7, 11) is 0. The van der Waals surface area contributed by atoms with Gasteiger partial charge in [0, 0.05) is 12.2 Å². The van der Waals surface area contributed by atoms with E-state index in [1.807, 2.05) is 31.2 Å². The molecule has 1 unspecified atom stereocenters. The van der Waals surface area contributed by atoms with Crippen molar-refractivity contribution < 1.29 is 9.59 Å². The number of nitrogens with one attached hydrogen (secondary N) is 1. The van der Waals surface area contributed by atoms with Gasteiger partial charge in [-0.05, 0) is 38.3 Å². The number of nitrogens with two attached hydrogens (primary N) is 1. The van der Waals surface area contributed by atoms with Gasteiger partial charge >= 0.3 is 0 Å². The summed E-state index contributed by atoms with van der Waals surface area (Å²) in [5.74, 6) is -0.206. The highest BCUT2D eigenvalue weighted by atomic mass is 35.5. The molecule has 1 heterocycles. The monoisotopic (exact) mass is 351 g/mol. The van der Waals surface area contributed by atoms with Gasteiger partial charge in [-0.1, -0.05) is 37.0 Å². The van der Waals surface area contributed by atoms with Gasteiger partial charge in [0.2, 0.25) is 11.8 Å². The summed E-state index contributed by atoms with van der Waals surface area (Å²) >= 11 is 0. The average Bonchev–Trinajstić information content (AvgIpc) is 2.90. The highest BCUT2D eigenvalue weighted by Crippen LogP contribution is 2.27. The van der Waals surface area contributed by atoms with E-state index in [0.717, 1.165) is 30.5 Å². The molecule has 1 atom stereocenters. The number of nitrogens with zero attached hydrogens (tertiary/aromatic N) is 1. The lowest BCUT2D eigenvalue weighted by molar-refractivity contribution is -0.131. The van der Waals surface area contributed by atoms with E-state index in [9.17, 15) is 9.59 Å². The molecule has 2 amide bonds. The van der Waals surface area contributed by atoms with Gasteiger partial charge in [0.1, 0.15) is 6.04 Å². The molecule has 24 heavy (non-hydrogen) atoms. The zero-order valence-electron chi connectivity index (χ0n) is 14.1. The molecule has 1 saturated carbocycles. The van der Waals surface area contributed by atoms with E-state index in [1.165, 1.54) is 0 Å². The number of hydrogen-bond donors (Lipinski definition) is 2. The Hall–Kier alpha value is -1.59. The zero-order chi connectivity index (χ0) is 16.4. The van der Waals surface area contributed by atoms with Gasteiger partial charge in [0.25, 0.3) is 0 Å². The van der Waals surface area contributed by atoms with Crippen LogP contribution in [-0.4, -0.2) is 29.9 Å². The summed E-state index contributed by atoms with van der Waals surface area (Å²) in [6, 6.07) is 7.43. The standard InChI is InChI=1S/C18H25N3O2.ClH/c1-13-5-7-14(8-6-13)21-12-9-15(16(21)22)20-17(23)18(19)10-3-2-4-11-18;/h5-8,15H,2-4,9-12,19H2,1H3,(H,20,23);1H. The van der Waals surface area contributed by atoms with Crippen LogP contribution in [0.5, 0.6) is 0 Å². The smallest absolute Gasteiger partial charge is 0.249 e. The summed E-state index contributed by atoms with van der Waals surface area (Å²) in [5, 5.41) is 2.89. The van der Waals surface area contributed by atoms with Gasteiger partial charge in [0.15, 0.2) is 0 Å². The Morgan fingerprint density at radius 2 is 1.83 bits per heavy atom. The van der Waals surface area contributed by atoms with Crippen LogP contribution in [0.4, 0.5) is 5.69 Å². The highest BCUT2D eigenvalue weighted by molar-refractivity contribution is 6.02. The second-order valence-corrected chi connectivity index (χ2v) is 6.86. The van der Waals surface area contributed by atoms with Crippen LogP contribution in [0.1, 0.15) is 44.1 Å². The maximum atomic E-state index is 12.6. The minimum Gasteiger partial charge on any atom is -0.343 e. The predicted octanol–water partition coefficient (Wildman–Crippen LogP) is 2.30. The van der Waals surface area contributed by atoms with Gasteiger partial charge in [-0.25, -0.2) is 0 Å². The molecule has 1 aliphatic carbocycles. The number of aryl methyl sites for hydroxylation is 1. The summed E-state index contributed by atoms with van der Waals surface area (Å²) < 4.78 is 0. The van der Waals surface area contributed by atoms with Crippen LogP contribution in [0.3, 0.4) is 0 Å². The topological polar surface area (TPSA) is 75.4 Å². The first kappa shape index (κ1) is 18.7. The Kier molecular flexibility index (Phi) is 5.88. The minimum atomic E-state index is -0.796. The number of amides is 2. The molecule has 2 fully saturated rings. The van der Waals surface area contributed by atoms with Crippen molar-refractivity contribution in [3.63, 3.8) is 0 Å². The lowest BCUT2D eigenvalue weighted by Crippen LogP contribution is -2.58. The first-order valence-corrected chi connectivity index (χ1v) is 8.47.